The summed E-state index contributed by atoms with van der Waals surface area (Å²) < 4.78 is 10.9. The maximum atomic E-state index is 12.3. The quantitative estimate of drug-likeness (QED) is 0.373. The van der Waals surface area contributed by atoms with Crippen molar-refractivity contribution in [2.45, 2.75) is 19.8 Å². The molecule has 6 heteroatoms. The van der Waals surface area contributed by atoms with Crippen LogP contribution in [-0.2, 0) is 0 Å². The van der Waals surface area contributed by atoms with Gasteiger partial charge in [-0.25, -0.2) is 4.79 Å². The van der Waals surface area contributed by atoms with E-state index in [-0.39, 0.29) is 17.4 Å². The fraction of sp³-hybridized carbons (Fsp3) is 0.227. The fourth-order valence-electron chi connectivity index (χ4n) is 3.40. The highest BCUT2D eigenvalue weighted by atomic mass is 16.5. The van der Waals surface area contributed by atoms with Crippen LogP contribution in [0, 0.1) is 6.92 Å². The first-order valence-electron chi connectivity index (χ1n) is 9.17. The molecule has 0 fully saturated rings. The van der Waals surface area contributed by atoms with Crippen LogP contribution in [-0.4, -0.2) is 29.9 Å². The van der Waals surface area contributed by atoms with Gasteiger partial charge < -0.3 is 9.15 Å². The lowest BCUT2D eigenvalue weighted by atomic mass is 10.1. The number of hydrogen-bond donors (Lipinski definition) is 0. The van der Waals surface area contributed by atoms with Crippen molar-refractivity contribution in [3.63, 3.8) is 0 Å². The zero-order chi connectivity index (χ0) is 19.7. The lowest BCUT2D eigenvalue weighted by Crippen LogP contribution is -2.30. The van der Waals surface area contributed by atoms with E-state index in [0.717, 1.165) is 10.9 Å². The molecule has 1 aliphatic heterocycles. The molecule has 1 aliphatic rings. The van der Waals surface area contributed by atoms with E-state index in [1.165, 1.54) is 11.0 Å². The van der Waals surface area contributed by atoms with Gasteiger partial charge in [-0.15, -0.1) is 0 Å². The van der Waals surface area contributed by atoms with Gasteiger partial charge in [-0.05, 0) is 49.6 Å². The third-order valence-electron chi connectivity index (χ3n) is 4.85. The minimum absolute atomic E-state index is 0.235. The SMILES string of the molecule is Cc1cc(=O)oc2cc(OCCCCN3C(=O)c4ccccc4C3=O)ccc12. The van der Waals surface area contributed by atoms with Crippen LogP contribution in [0.3, 0.4) is 0 Å². The second-order valence-electron chi connectivity index (χ2n) is 6.77. The van der Waals surface area contributed by atoms with E-state index in [2.05, 4.69) is 0 Å². The average molecular weight is 377 g/mol. The minimum atomic E-state index is -0.386. The second-order valence-corrected chi connectivity index (χ2v) is 6.77. The molecule has 28 heavy (non-hydrogen) atoms. The molecule has 0 aliphatic carbocycles. The highest BCUT2D eigenvalue weighted by molar-refractivity contribution is 6.21. The Labute approximate surface area is 161 Å². The van der Waals surface area contributed by atoms with Crippen molar-refractivity contribution in [2.24, 2.45) is 0 Å². The van der Waals surface area contributed by atoms with E-state index in [1.54, 1.807) is 30.3 Å². The van der Waals surface area contributed by atoms with Crippen LogP contribution in [0.4, 0.5) is 0 Å². The Morgan fingerprint density at radius 1 is 0.929 bits per heavy atom. The summed E-state index contributed by atoms with van der Waals surface area (Å²) in [4.78, 5) is 37.4. The molecular formula is C22H19NO5. The van der Waals surface area contributed by atoms with Gasteiger partial charge in [0.2, 0.25) is 0 Å². The lowest BCUT2D eigenvalue weighted by molar-refractivity contribution is 0.0649. The molecule has 3 aromatic rings. The Bertz CT molecular complexity index is 1100. The number of unbranched alkanes of at least 4 members (excludes halogenated alkanes) is 1. The van der Waals surface area contributed by atoms with Crippen LogP contribution in [0.5, 0.6) is 5.75 Å². The first-order chi connectivity index (χ1) is 13.5. The second kappa shape index (κ2) is 7.31. The Balaban J connectivity index is 1.31. The number of rotatable bonds is 6. The number of carbonyl (C=O) groups excluding carboxylic acids is 2. The summed E-state index contributed by atoms with van der Waals surface area (Å²) in [7, 11) is 0. The predicted molar refractivity (Wildman–Crippen MR) is 104 cm³/mol. The maximum Gasteiger partial charge on any atom is 0.336 e. The summed E-state index contributed by atoms with van der Waals surface area (Å²) in [5.41, 5.74) is 1.91. The van der Waals surface area contributed by atoms with E-state index in [9.17, 15) is 14.4 Å². The Hall–Kier alpha value is -3.41. The zero-order valence-electron chi connectivity index (χ0n) is 15.4. The third kappa shape index (κ3) is 3.29. The van der Waals surface area contributed by atoms with Gasteiger partial charge in [-0.1, -0.05) is 12.1 Å². The van der Waals surface area contributed by atoms with Crippen molar-refractivity contribution in [3.8, 4) is 5.75 Å². The van der Waals surface area contributed by atoms with Crippen molar-refractivity contribution in [2.75, 3.05) is 13.2 Å². The van der Waals surface area contributed by atoms with Crippen LogP contribution in [0.15, 0.2) is 57.7 Å². The molecule has 6 nitrogen and oxygen atoms in total. The summed E-state index contributed by atoms with van der Waals surface area (Å²) in [6.45, 7) is 2.66. The molecule has 0 saturated heterocycles. The van der Waals surface area contributed by atoms with Crippen LogP contribution in [0.25, 0.3) is 11.0 Å². The molecule has 0 spiro atoms. The molecule has 0 atom stereocenters. The molecule has 0 saturated carbocycles. The molecule has 1 aromatic heterocycles. The van der Waals surface area contributed by atoms with Gasteiger partial charge in [-0.3, -0.25) is 14.5 Å². The number of hydrogen-bond acceptors (Lipinski definition) is 5. The summed E-state index contributed by atoms with van der Waals surface area (Å²) in [6, 6.07) is 13.7. The Kier molecular flexibility index (Phi) is 4.69. The van der Waals surface area contributed by atoms with Crippen molar-refractivity contribution in [1.29, 1.82) is 0 Å². The number of aryl methyl sites for hydroxylation is 1. The summed E-state index contributed by atoms with van der Waals surface area (Å²) in [6.07, 6.45) is 1.33. The number of carbonyl (C=O) groups is 2. The van der Waals surface area contributed by atoms with Gasteiger partial charge in [0.1, 0.15) is 11.3 Å². The standard InChI is InChI=1S/C22H19NO5/c1-14-12-20(24)28-19-13-15(8-9-16(14)19)27-11-5-4-10-23-21(25)17-6-2-3-7-18(17)22(23)26/h2-3,6-9,12-13H,4-5,10-11H2,1H3. The summed E-state index contributed by atoms with van der Waals surface area (Å²) in [5.74, 6) is 0.143. The van der Waals surface area contributed by atoms with Crippen molar-refractivity contribution in [1.82, 2.24) is 4.90 Å². The zero-order valence-corrected chi connectivity index (χ0v) is 15.4. The summed E-state index contributed by atoms with van der Waals surface area (Å²) in [5, 5.41) is 0.873. The van der Waals surface area contributed by atoms with Crippen LogP contribution >= 0.6 is 0 Å². The molecule has 2 heterocycles. The van der Waals surface area contributed by atoms with E-state index in [0.29, 0.717) is 48.5 Å². The molecule has 142 valence electrons. The maximum absolute atomic E-state index is 12.3. The Morgan fingerprint density at radius 2 is 1.64 bits per heavy atom. The molecule has 4 rings (SSSR count). The molecule has 2 aromatic carbocycles. The topological polar surface area (TPSA) is 76.8 Å². The van der Waals surface area contributed by atoms with E-state index in [4.69, 9.17) is 9.15 Å². The smallest absolute Gasteiger partial charge is 0.336 e. The summed E-state index contributed by atoms with van der Waals surface area (Å²) >= 11 is 0. The molecule has 0 unspecified atom stereocenters. The average Bonchev–Trinajstić information content (AvgIpc) is 2.92. The first-order valence-corrected chi connectivity index (χ1v) is 9.17. The van der Waals surface area contributed by atoms with Crippen molar-refractivity contribution < 1.29 is 18.7 Å². The van der Waals surface area contributed by atoms with Gasteiger partial charge in [0.05, 0.1) is 17.7 Å². The molecule has 0 radical (unpaired) electrons. The van der Waals surface area contributed by atoms with Crippen LogP contribution in [0.2, 0.25) is 0 Å². The van der Waals surface area contributed by atoms with Crippen molar-refractivity contribution >= 4 is 22.8 Å². The normalized spacial score (nSPS) is 13.2. The highest BCUT2D eigenvalue weighted by Gasteiger charge is 2.34. The predicted octanol–water partition coefficient (Wildman–Crippen LogP) is 3.56. The lowest BCUT2D eigenvalue weighted by Gasteiger charge is -2.13. The Morgan fingerprint density at radius 3 is 2.36 bits per heavy atom. The van der Waals surface area contributed by atoms with Crippen LogP contribution < -0.4 is 10.4 Å². The fourth-order valence-corrected chi connectivity index (χ4v) is 3.40. The van der Waals surface area contributed by atoms with Gasteiger partial charge in [-0.2, -0.15) is 0 Å². The van der Waals surface area contributed by atoms with Gasteiger partial charge in [0.15, 0.2) is 0 Å². The first kappa shape index (κ1) is 18.0. The van der Waals surface area contributed by atoms with Crippen LogP contribution in [0.1, 0.15) is 39.1 Å². The van der Waals surface area contributed by atoms with E-state index < -0.39 is 0 Å². The number of benzene rings is 2. The molecule has 0 bridgehead atoms. The number of nitrogens with zero attached hydrogens (tertiary/aromatic N) is 1. The van der Waals surface area contributed by atoms with Gasteiger partial charge >= 0.3 is 5.63 Å². The molecular weight excluding hydrogens is 358 g/mol. The van der Waals surface area contributed by atoms with E-state index >= 15 is 0 Å². The molecule has 2 amide bonds. The minimum Gasteiger partial charge on any atom is -0.493 e. The number of imide groups is 1. The van der Waals surface area contributed by atoms with Crippen molar-refractivity contribution in [3.05, 3.63) is 75.6 Å². The molecule has 0 N–H and O–H groups in total. The van der Waals surface area contributed by atoms with E-state index in [1.807, 2.05) is 19.1 Å². The third-order valence-corrected chi connectivity index (χ3v) is 4.85. The number of fused-ring (bicyclic) bond motifs is 2. The monoisotopic (exact) mass is 377 g/mol. The largest absolute Gasteiger partial charge is 0.493 e. The number of ether oxygens (including phenoxy) is 1. The number of amides is 2. The highest BCUT2D eigenvalue weighted by Crippen LogP contribution is 2.24. The van der Waals surface area contributed by atoms with Gasteiger partial charge in [0, 0.05) is 24.1 Å². The van der Waals surface area contributed by atoms with Gasteiger partial charge in [0.25, 0.3) is 11.8 Å².